The minimum absolute atomic E-state index is 0.0679. The molecule has 0 unspecified atom stereocenters. The lowest BCUT2D eigenvalue weighted by molar-refractivity contribution is -0.288. The predicted octanol–water partition coefficient (Wildman–Crippen LogP) is 5.23. The molecule has 0 fully saturated rings. The van der Waals surface area contributed by atoms with Gasteiger partial charge in [0.25, 0.3) is 5.91 Å². The summed E-state index contributed by atoms with van der Waals surface area (Å²) in [6.07, 6.45) is -12.6. The third-order valence-corrected chi connectivity index (χ3v) is 8.60. The van der Waals surface area contributed by atoms with Crippen LogP contribution >= 0.6 is 11.3 Å². The fraction of sp³-hybridized carbons (Fsp3) is 0.581. The molecule has 0 bridgehead atoms. The van der Waals surface area contributed by atoms with Gasteiger partial charge in [0.15, 0.2) is 12.0 Å². The fourth-order valence-electron chi connectivity index (χ4n) is 5.25. The Bertz CT molecular complexity index is 1370. The number of amides is 2. The molecule has 3 N–H and O–H groups in total. The van der Waals surface area contributed by atoms with E-state index in [2.05, 4.69) is 10.3 Å². The molecule has 2 aromatic rings. The van der Waals surface area contributed by atoms with E-state index in [0.29, 0.717) is 11.3 Å². The van der Waals surface area contributed by atoms with Crippen LogP contribution in [0.4, 0.5) is 26.3 Å². The number of hydrogen-bond acceptors (Lipinski definition) is 9. The second-order valence-electron chi connectivity index (χ2n) is 11.8. The average Bonchev–Trinajstić information content (AvgIpc) is 3.47. The molecule has 0 saturated carbocycles. The lowest BCUT2D eigenvalue weighted by atomic mass is 9.93. The van der Waals surface area contributed by atoms with Crippen molar-refractivity contribution in [2.75, 3.05) is 14.2 Å². The second kappa shape index (κ2) is 17.1. The zero-order valence-electron chi connectivity index (χ0n) is 27.2. The van der Waals surface area contributed by atoms with Crippen LogP contribution in [0, 0.1) is 17.8 Å². The Morgan fingerprint density at radius 3 is 2.08 bits per heavy atom. The first-order chi connectivity index (χ1) is 22.2. The third-order valence-electron chi connectivity index (χ3n) is 7.66. The number of benzene rings is 1. The smallest absolute Gasteiger partial charge is 0.402 e. The summed E-state index contributed by atoms with van der Waals surface area (Å²) in [5.74, 6) is -8.68. The molecular weight excluding hydrogens is 670 g/mol. The highest BCUT2D eigenvalue weighted by molar-refractivity contribution is 7.09. The van der Waals surface area contributed by atoms with Gasteiger partial charge in [-0.05, 0) is 24.3 Å². The average molecular weight is 711 g/mol. The van der Waals surface area contributed by atoms with E-state index in [4.69, 9.17) is 15.2 Å². The molecule has 0 aliphatic heterocycles. The van der Waals surface area contributed by atoms with Gasteiger partial charge in [-0.25, -0.2) is 4.98 Å². The molecule has 1 heterocycles. The highest BCUT2D eigenvalue weighted by Crippen LogP contribution is 2.41. The Kier molecular flexibility index (Phi) is 14.4. The van der Waals surface area contributed by atoms with Gasteiger partial charge >= 0.3 is 24.3 Å². The van der Waals surface area contributed by atoms with Crippen LogP contribution in [0.25, 0.3) is 0 Å². The van der Waals surface area contributed by atoms with Crippen LogP contribution < -0.4 is 11.1 Å². The molecule has 0 aliphatic rings. The number of aromatic nitrogens is 1. The number of nitrogens with two attached hydrogens (primary N) is 1. The molecule has 1 aromatic carbocycles. The highest BCUT2D eigenvalue weighted by Gasteiger charge is 2.61. The molecule has 2 rings (SSSR count). The number of carbonyl (C=O) groups excluding carboxylic acids is 4. The summed E-state index contributed by atoms with van der Waals surface area (Å²) in [6.45, 7) is 5.88. The van der Waals surface area contributed by atoms with Crippen LogP contribution in [0.15, 0.2) is 35.7 Å². The van der Waals surface area contributed by atoms with Gasteiger partial charge in [0.1, 0.15) is 16.7 Å². The van der Waals surface area contributed by atoms with Crippen LogP contribution in [0.2, 0.25) is 0 Å². The molecule has 5 atom stereocenters. The first-order valence-corrected chi connectivity index (χ1v) is 15.8. The molecule has 48 heavy (non-hydrogen) atoms. The number of alkyl halides is 6. The predicted molar refractivity (Wildman–Crippen MR) is 163 cm³/mol. The summed E-state index contributed by atoms with van der Waals surface area (Å²) in [6, 6.07) is 4.64. The van der Waals surface area contributed by atoms with Crippen LogP contribution in [0.5, 0.6) is 0 Å². The van der Waals surface area contributed by atoms with Crippen molar-refractivity contribution < 1.29 is 55.0 Å². The first kappa shape index (κ1) is 40.4. The normalized spacial score (nSPS) is 15.3. The Balaban J connectivity index is 2.33. The van der Waals surface area contributed by atoms with Crippen molar-refractivity contribution in [1.29, 1.82) is 0 Å². The fourth-order valence-corrected chi connectivity index (χ4v) is 6.08. The molecule has 0 aliphatic carbocycles. The minimum atomic E-state index is -5.84. The number of rotatable bonds is 15. The Labute approximate surface area is 278 Å². The lowest BCUT2D eigenvalue weighted by Crippen LogP contribution is -2.58. The van der Waals surface area contributed by atoms with Crippen molar-refractivity contribution in [1.82, 2.24) is 15.2 Å². The van der Waals surface area contributed by atoms with Crippen molar-refractivity contribution in [2.45, 2.75) is 83.5 Å². The molecule has 1 aromatic heterocycles. The molecular formula is C31H40F6N4O6S. The van der Waals surface area contributed by atoms with E-state index in [9.17, 15) is 45.5 Å². The van der Waals surface area contributed by atoms with Gasteiger partial charge in [-0.3, -0.25) is 19.2 Å². The van der Waals surface area contributed by atoms with Crippen molar-refractivity contribution >= 4 is 35.1 Å². The number of methoxy groups -OCH3 is 1. The topological polar surface area (TPSA) is 141 Å². The molecule has 0 radical (unpaired) electrons. The standard InChI is InChI=1S/C31H40F6N4O6S/c1-16(2)22(41(5)28(44)24(38)25(30(32,33)34)31(35,36)37)14-23(47-18(4)42)27-40-21(15-48-27)26(43)39-20(12-17(3)29(45)46-6)13-19-10-8-7-9-11-19/h7-11,15-17,20,22-25H,12-14,38H2,1-6H3,(H,39,43)/t17-,20+,22+,23+,24-/m0/s1. The minimum Gasteiger partial charge on any atom is -0.469 e. The Morgan fingerprint density at radius 1 is 1.00 bits per heavy atom. The van der Waals surface area contributed by atoms with Crippen molar-refractivity contribution in [3.63, 3.8) is 0 Å². The number of nitrogens with one attached hydrogen (secondary N) is 1. The summed E-state index contributed by atoms with van der Waals surface area (Å²) in [4.78, 5) is 55.4. The van der Waals surface area contributed by atoms with Gasteiger partial charge in [0.05, 0.1) is 13.0 Å². The summed E-state index contributed by atoms with van der Waals surface area (Å²) < 4.78 is 90.1. The maximum atomic E-state index is 13.3. The number of carbonyl (C=O) groups is 4. The third kappa shape index (κ3) is 11.5. The van der Waals surface area contributed by atoms with E-state index in [1.807, 2.05) is 30.3 Å². The maximum Gasteiger partial charge on any atom is 0.402 e. The number of ether oxygens (including phenoxy) is 2. The first-order valence-electron chi connectivity index (χ1n) is 14.9. The van der Waals surface area contributed by atoms with Gasteiger partial charge in [-0.15, -0.1) is 11.3 Å². The van der Waals surface area contributed by atoms with Gasteiger partial charge < -0.3 is 25.4 Å². The van der Waals surface area contributed by atoms with E-state index in [0.717, 1.165) is 30.9 Å². The van der Waals surface area contributed by atoms with E-state index in [-0.39, 0.29) is 23.5 Å². The van der Waals surface area contributed by atoms with Crippen LogP contribution in [0.3, 0.4) is 0 Å². The molecule has 0 saturated heterocycles. The Hall–Kier alpha value is -3.73. The maximum absolute atomic E-state index is 13.3. The zero-order chi connectivity index (χ0) is 36.6. The molecule has 268 valence electrons. The number of thiazole rings is 1. The van der Waals surface area contributed by atoms with E-state index in [1.165, 1.54) is 12.5 Å². The highest BCUT2D eigenvalue weighted by atomic mass is 32.1. The van der Waals surface area contributed by atoms with Gasteiger partial charge in [0, 0.05) is 37.9 Å². The van der Waals surface area contributed by atoms with Gasteiger partial charge in [0.2, 0.25) is 5.91 Å². The summed E-state index contributed by atoms with van der Waals surface area (Å²) in [5.41, 5.74) is 6.10. The van der Waals surface area contributed by atoms with Crippen LogP contribution in [0.1, 0.15) is 67.7 Å². The zero-order valence-corrected chi connectivity index (χ0v) is 28.0. The molecule has 17 heteroatoms. The SMILES string of the molecule is COC(=O)[C@@H](C)C[C@H](Cc1ccccc1)NC(=O)c1csc([C@@H](C[C@H](C(C)C)N(C)C(=O)[C@@H](N)C(C(F)(F)F)C(F)(F)F)OC(C)=O)n1. The molecule has 10 nitrogen and oxygen atoms in total. The van der Waals surface area contributed by atoms with E-state index >= 15 is 0 Å². The quantitative estimate of drug-likeness (QED) is 0.189. The monoisotopic (exact) mass is 710 g/mol. The number of halogens is 6. The summed E-state index contributed by atoms with van der Waals surface area (Å²) in [7, 11) is 2.28. The second-order valence-corrected chi connectivity index (χ2v) is 12.7. The van der Waals surface area contributed by atoms with E-state index < -0.39 is 78.1 Å². The summed E-state index contributed by atoms with van der Waals surface area (Å²) >= 11 is 0.924. The van der Waals surface area contributed by atoms with Gasteiger partial charge in [-0.2, -0.15) is 26.3 Å². The van der Waals surface area contributed by atoms with Gasteiger partial charge in [-0.1, -0.05) is 51.1 Å². The number of nitrogens with zero attached hydrogens (tertiary/aromatic N) is 2. The van der Waals surface area contributed by atoms with Crippen molar-refractivity contribution in [3.8, 4) is 0 Å². The Morgan fingerprint density at radius 2 is 1.58 bits per heavy atom. The number of esters is 2. The number of hydrogen-bond donors (Lipinski definition) is 2. The largest absolute Gasteiger partial charge is 0.469 e. The molecule has 0 spiro atoms. The van der Waals surface area contributed by atoms with Crippen LogP contribution in [-0.2, 0) is 30.3 Å². The lowest BCUT2D eigenvalue weighted by Gasteiger charge is -2.36. The van der Waals surface area contributed by atoms with Crippen molar-refractivity contribution in [3.05, 3.63) is 52.0 Å². The van der Waals surface area contributed by atoms with Crippen molar-refractivity contribution in [2.24, 2.45) is 23.5 Å². The van der Waals surface area contributed by atoms with Crippen LogP contribution in [-0.4, -0.2) is 78.3 Å². The summed E-state index contributed by atoms with van der Waals surface area (Å²) in [5, 5.41) is 4.34. The molecule has 2 amide bonds. The number of likely N-dealkylation sites (N-methyl/N-ethyl adjacent to an activating group) is 1. The van der Waals surface area contributed by atoms with E-state index in [1.54, 1.807) is 20.8 Å².